The SMILES string of the molecule is CCCCCCCCCCN.Cc1ccc(N=C=O)cc1N=C=O. The van der Waals surface area contributed by atoms with E-state index in [0.29, 0.717) is 11.4 Å². The van der Waals surface area contributed by atoms with Gasteiger partial charge in [0.05, 0.1) is 11.4 Å². The normalized spacial score (nSPS) is 9.29. The van der Waals surface area contributed by atoms with Crippen LogP contribution in [-0.2, 0) is 9.59 Å². The summed E-state index contributed by atoms with van der Waals surface area (Å²) < 4.78 is 0. The number of isocyanates is 2. The Morgan fingerprint density at radius 2 is 1.50 bits per heavy atom. The molecule has 2 N–H and O–H groups in total. The molecule has 0 spiro atoms. The number of aryl methyl sites for hydroxylation is 1. The smallest absolute Gasteiger partial charge is 0.240 e. The van der Waals surface area contributed by atoms with Crippen molar-refractivity contribution >= 4 is 23.5 Å². The van der Waals surface area contributed by atoms with Gasteiger partial charge in [0.2, 0.25) is 12.2 Å². The van der Waals surface area contributed by atoms with Crippen LogP contribution in [0.4, 0.5) is 11.4 Å². The third-order valence-corrected chi connectivity index (χ3v) is 3.59. The minimum absolute atomic E-state index is 0.426. The fraction of sp³-hybridized carbons (Fsp3) is 0.579. The monoisotopic (exact) mass is 331 g/mol. The second kappa shape index (κ2) is 15.8. The summed E-state index contributed by atoms with van der Waals surface area (Å²) in [7, 11) is 0. The summed E-state index contributed by atoms with van der Waals surface area (Å²) in [5, 5.41) is 0. The highest BCUT2D eigenvalue weighted by Gasteiger charge is 1.97. The Kier molecular flexibility index (Phi) is 14.5. The minimum atomic E-state index is 0.426. The van der Waals surface area contributed by atoms with Gasteiger partial charge in [0.1, 0.15) is 0 Å². The zero-order valence-corrected chi connectivity index (χ0v) is 14.9. The maximum absolute atomic E-state index is 10.00. The van der Waals surface area contributed by atoms with Crippen molar-refractivity contribution < 1.29 is 9.59 Å². The van der Waals surface area contributed by atoms with Gasteiger partial charge in [0, 0.05) is 0 Å². The van der Waals surface area contributed by atoms with Gasteiger partial charge >= 0.3 is 0 Å². The molecule has 1 rings (SSSR count). The molecule has 5 heteroatoms. The zero-order chi connectivity index (χ0) is 18.0. The Bertz CT molecular complexity index is 538. The van der Waals surface area contributed by atoms with Crippen molar-refractivity contribution in [2.24, 2.45) is 15.7 Å². The number of unbranched alkanes of at least 4 members (excludes halogenated alkanes) is 7. The summed E-state index contributed by atoms with van der Waals surface area (Å²) in [5.74, 6) is 0. The summed E-state index contributed by atoms with van der Waals surface area (Å²) in [6.07, 6.45) is 13.8. The first kappa shape index (κ1) is 21.9. The van der Waals surface area contributed by atoms with Crippen molar-refractivity contribution in [1.29, 1.82) is 0 Å². The van der Waals surface area contributed by atoms with Crippen molar-refractivity contribution in [1.82, 2.24) is 0 Å². The Morgan fingerprint density at radius 3 is 2.04 bits per heavy atom. The lowest BCUT2D eigenvalue weighted by atomic mass is 10.1. The fourth-order valence-electron chi connectivity index (χ4n) is 2.17. The maximum atomic E-state index is 10.00. The van der Waals surface area contributed by atoms with E-state index in [-0.39, 0.29) is 0 Å². The van der Waals surface area contributed by atoms with E-state index in [1.54, 1.807) is 19.1 Å². The summed E-state index contributed by atoms with van der Waals surface area (Å²) in [5.41, 5.74) is 7.11. The summed E-state index contributed by atoms with van der Waals surface area (Å²) in [6.45, 7) is 4.92. The van der Waals surface area contributed by atoms with Crippen molar-refractivity contribution in [3.63, 3.8) is 0 Å². The van der Waals surface area contributed by atoms with Gasteiger partial charge in [0.15, 0.2) is 0 Å². The van der Waals surface area contributed by atoms with Gasteiger partial charge in [-0.15, -0.1) is 0 Å². The second-order valence-electron chi connectivity index (χ2n) is 5.64. The molecular weight excluding hydrogens is 302 g/mol. The molecule has 132 valence electrons. The molecular formula is C19H29N3O2. The average molecular weight is 331 g/mol. The number of carbonyl (C=O) groups excluding carboxylic acids is 2. The van der Waals surface area contributed by atoms with Crippen LogP contribution in [0.25, 0.3) is 0 Å². The molecule has 0 amide bonds. The lowest BCUT2D eigenvalue weighted by Crippen LogP contribution is -1.97. The molecule has 0 unspecified atom stereocenters. The van der Waals surface area contributed by atoms with Gasteiger partial charge in [-0.25, -0.2) is 9.59 Å². The molecule has 0 saturated heterocycles. The number of hydrogen-bond donors (Lipinski definition) is 1. The van der Waals surface area contributed by atoms with E-state index in [0.717, 1.165) is 12.1 Å². The molecule has 0 fully saturated rings. The van der Waals surface area contributed by atoms with Gasteiger partial charge in [-0.05, 0) is 37.6 Å². The molecule has 0 aromatic heterocycles. The maximum Gasteiger partial charge on any atom is 0.240 e. The molecule has 0 aliphatic rings. The van der Waals surface area contributed by atoms with Gasteiger partial charge in [-0.3, -0.25) is 0 Å². The number of nitrogens with two attached hydrogens (primary N) is 1. The summed E-state index contributed by atoms with van der Waals surface area (Å²) in [4.78, 5) is 26.8. The number of hydrogen-bond acceptors (Lipinski definition) is 5. The predicted molar refractivity (Wildman–Crippen MR) is 98.4 cm³/mol. The Labute approximate surface area is 145 Å². The van der Waals surface area contributed by atoms with Gasteiger partial charge in [-0.2, -0.15) is 9.98 Å². The first-order valence-electron chi connectivity index (χ1n) is 8.66. The highest BCUT2D eigenvalue weighted by Crippen LogP contribution is 2.23. The summed E-state index contributed by atoms with van der Waals surface area (Å²) in [6, 6.07) is 4.88. The Balaban J connectivity index is 0.000000449. The van der Waals surface area contributed by atoms with Crippen molar-refractivity contribution in [3.05, 3.63) is 23.8 Å². The van der Waals surface area contributed by atoms with Gasteiger partial charge in [0.25, 0.3) is 0 Å². The van der Waals surface area contributed by atoms with E-state index >= 15 is 0 Å². The molecule has 24 heavy (non-hydrogen) atoms. The van der Waals surface area contributed by atoms with Crippen molar-refractivity contribution in [2.45, 2.75) is 65.2 Å². The highest BCUT2D eigenvalue weighted by atomic mass is 16.1. The molecule has 1 aromatic rings. The lowest BCUT2D eigenvalue weighted by Gasteiger charge is -1.99. The Morgan fingerprint density at radius 1 is 0.917 bits per heavy atom. The molecule has 0 bridgehead atoms. The van der Waals surface area contributed by atoms with Crippen LogP contribution in [0.1, 0.15) is 63.9 Å². The van der Waals surface area contributed by atoms with E-state index in [2.05, 4.69) is 16.9 Å². The largest absolute Gasteiger partial charge is 0.330 e. The number of rotatable bonds is 10. The van der Waals surface area contributed by atoms with Crippen molar-refractivity contribution in [3.8, 4) is 0 Å². The molecule has 0 atom stereocenters. The van der Waals surface area contributed by atoms with Crippen LogP contribution in [-0.4, -0.2) is 18.7 Å². The zero-order valence-electron chi connectivity index (χ0n) is 14.9. The van der Waals surface area contributed by atoms with Crippen LogP contribution in [0.15, 0.2) is 28.2 Å². The van der Waals surface area contributed by atoms with E-state index in [4.69, 9.17) is 5.73 Å². The molecule has 0 aliphatic heterocycles. The molecule has 0 aliphatic carbocycles. The molecule has 0 heterocycles. The number of nitrogens with zero attached hydrogens (tertiary/aromatic N) is 2. The first-order valence-corrected chi connectivity index (χ1v) is 8.66. The number of aliphatic imine (C=N–C) groups is 2. The van der Waals surface area contributed by atoms with Crippen LogP contribution in [0, 0.1) is 6.92 Å². The van der Waals surface area contributed by atoms with Crippen molar-refractivity contribution in [2.75, 3.05) is 6.54 Å². The third kappa shape index (κ3) is 11.5. The van der Waals surface area contributed by atoms with Crippen LogP contribution < -0.4 is 5.73 Å². The average Bonchev–Trinajstić information content (AvgIpc) is 2.58. The van der Waals surface area contributed by atoms with Crippen LogP contribution in [0.2, 0.25) is 0 Å². The van der Waals surface area contributed by atoms with Gasteiger partial charge in [-0.1, -0.05) is 57.9 Å². The molecule has 1 aromatic carbocycles. The first-order chi connectivity index (χ1) is 11.7. The molecule has 5 nitrogen and oxygen atoms in total. The fourth-order valence-corrected chi connectivity index (χ4v) is 2.17. The van der Waals surface area contributed by atoms with Crippen LogP contribution >= 0.6 is 0 Å². The minimum Gasteiger partial charge on any atom is -0.330 e. The lowest BCUT2D eigenvalue weighted by molar-refractivity contribution is 0.565. The van der Waals surface area contributed by atoms with E-state index in [9.17, 15) is 9.59 Å². The van der Waals surface area contributed by atoms with Gasteiger partial charge < -0.3 is 5.73 Å². The predicted octanol–water partition coefficient (Wildman–Crippen LogP) is 5.02. The summed E-state index contributed by atoms with van der Waals surface area (Å²) >= 11 is 0. The quantitative estimate of drug-likeness (QED) is 0.371. The topological polar surface area (TPSA) is 84.9 Å². The molecule has 0 radical (unpaired) electrons. The second-order valence-corrected chi connectivity index (χ2v) is 5.64. The van der Waals surface area contributed by atoms with Crippen LogP contribution in [0.5, 0.6) is 0 Å². The van der Waals surface area contributed by atoms with E-state index < -0.39 is 0 Å². The van der Waals surface area contributed by atoms with Crippen LogP contribution in [0.3, 0.4) is 0 Å². The highest BCUT2D eigenvalue weighted by molar-refractivity contribution is 5.61. The van der Waals surface area contributed by atoms with E-state index in [1.165, 1.54) is 69.6 Å². The Hall–Kier alpha value is -2.06. The number of benzene rings is 1. The standard InChI is InChI=1S/C10H23N.C9H6N2O2/c1-2-3-4-5-6-7-8-9-10-11;1-7-2-3-8(10-5-12)4-9(7)11-6-13/h2-11H2,1H3;2-4H,1H3. The molecule has 0 saturated carbocycles. The van der Waals surface area contributed by atoms with E-state index in [1.807, 2.05) is 0 Å². The third-order valence-electron chi connectivity index (χ3n) is 3.59.